The van der Waals surface area contributed by atoms with Crippen LogP contribution in [0.2, 0.25) is 0 Å². The molecule has 0 heterocycles. The molecule has 0 aliphatic carbocycles. The van der Waals surface area contributed by atoms with Gasteiger partial charge in [0.2, 0.25) is 5.91 Å². The number of aliphatic hydroxyl groups is 2. The summed E-state index contributed by atoms with van der Waals surface area (Å²) in [6.07, 6.45) is 74.6. The number of esters is 1. The van der Waals surface area contributed by atoms with Gasteiger partial charge in [-0.15, -0.1) is 0 Å². The van der Waals surface area contributed by atoms with Gasteiger partial charge in [-0.05, 0) is 64.2 Å². The number of amides is 1. The Kier molecular flexibility index (Phi) is 58.0. The van der Waals surface area contributed by atoms with Crippen LogP contribution >= 0.6 is 0 Å². The Morgan fingerprint density at radius 3 is 1.11 bits per heavy atom. The predicted molar refractivity (Wildman–Crippen MR) is 306 cm³/mol. The molecule has 2 atom stereocenters. The van der Waals surface area contributed by atoms with Gasteiger partial charge in [0.1, 0.15) is 0 Å². The molecule has 70 heavy (non-hydrogen) atoms. The highest BCUT2D eigenvalue weighted by Gasteiger charge is 2.18. The maximum atomic E-state index is 12.5. The summed E-state index contributed by atoms with van der Waals surface area (Å²) in [5.74, 6) is -0.0840. The standard InChI is InChI=1S/C64H121NO5/c1-3-5-7-9-11-13-15-17-19-20-21-22-23-24-25-29-32-36-40-44-48-52-56-62(67)61(60-66)65-63(68)57-53-49-45-41-37-33-30-26-27-31-35-39-43-47-51-55-59-70-64(69)58-54-50-46-42-38-34-28-18-16-14-12-10-8-6-4-2/h12,14,18,28,52,56,61-62,66-67H,3-11,13,15-17,19-27,29-51,53-55,57-60H2,1-2H3,(H,65,68)/b14-12-,28-18-,56-52+. The van der Waals surface area contributed by atoms with Crippen molar-refractivity contribution in [2.24, 2.45) is 0 Å². The van der Waals surface area contributed by atoms with Gasteiger partial charge >= 0.3 is 5.97 Å². The lowest BCUT2D eigenvalue weighted by atomic mass is 10.0. The van der Waals surface area contributed by atoms with Crippen LogP contribution < -0.4 is 5.32 Å². The molecular formula is C64H121NO5. The lowest BCUT2D eigenvalue weighted by Gasteiger charge is -2.20. The summed E-state index contributed by atoms with van der Waals surface area (Å²) in [6, 6.07) is -0.635. The number of carbonyl (C=O) groups excluding carboxylic acids is 2. The number of nitrogens with one attached hydrogen (secondary N) is 1. The fourth-order valence-electron chi connectivity index (χ4n) is 9.61. The quantitative estimate of drug-likeness (QED) is 0.0321. The highest BCUT2D eigenvalue weighted by Crippen LogP contribution is 2.17. The Morgan fingerprint density at radius 1 is 0.400 bits per heavy atom. The van der Waals surface area contributed by atoms with Gasteiger partial charge in [-0.1, -0.05) is 294 Å². The van der Waals surface area contributed by atoms with Crippen LogP contribution in [0.1, 0.15) is 335 Å². The Morgan fingerprint density at radius 2 is 0.714 bits per heavy atom. The fraction of sp³-hybridized carbons (Fsp3) is 0.875. The van der Waals surface area contributed by atoms with Gasteiger partial charge in [0.25, 0.3) is 0 Å². The molecule has 6 heteroatoms. The van der Waals surface area contributed by atoms with E-state index in [1.165, 1.54) is 250 Å². The van der Waals surface area contributed by atoms with Gasteiger partial charge in [0.15, 0.2) is 0 Å². The second-order valence-electron chi connectivity index (χ2n) is 21.4. The maximum absolute atomic E-state index is 12.5. The smallest absolute Gasteiger partial charge is 0.305 e. The summed E-state index contributed by atoms with van der Waals surface area (Å²) in [4.78, 5) is 24.6. The summed E-state index contributed by atoms with van der Waals surface area (Å²) in [5.41, 5.74) is 0. The second-order valence-corrected chi connectivity index (χ2v) is 21.4. The lowest BCUT2D eigenvalue weighted by molar-refractivity contribution is -0.143. The fourth-order valence-corrected chi connectivity index (χ4v) is 9.61. The maximum Gasteiger partial charge on any atom is 0.305 e. The van der Waals surface area contributed by atoms with Crippen molar-refractivity contribution in [2.75, 3.05) is 13.2 Å². The van der Waals surface area contributed by atoms with E-state index in [1.54, 1.807) is 6.08 Å². The highest BCUT2D eigenvalue weighted by atomic mass is 16.5. The van der Waals surface area contributed by atoms with Crippen LogP contribution in [-0.4, -0.2) is 47.4 Å². The third kappa shape index (κ3) is 55.4. The van der Waals surface area contributed by atoms with E-state index in [-0.39, 0.29) is 18.5 Å². The van der Waals surface area contributed by atoms with Gasteiger partial charge in [-0.25, -0.2) is 0 Å². The van der Waals surface area contributed by atoms with E-state index < -0.39 is 12.1 Å². The van der Waals surface area contributed by atoms with Crippen molar-refractivity contribution in [1.82, 2.24) is 5.32 Å². The molecule has 0 aromatic rings. The molecule has 0 rings (SSSR count). The van der Waals surface area contributed by atoms with Crippen molar-refractivity contribution < 1.29 is 24.5 Å². The molecule has 0 saturated carbocycles. The first-order chi connectivity index (χ1) is 34.5. The predicted octanol–water partition coefficient (Wildman–Crippen LogP) is 19.6. The number of ether oxygens (including phenoxy) is 1. The van der Waals surface area contributed by atoms with Gasteiger partial charge in [-0.2, -0.15) is 0 Å². The molecule has 0 aliphatic heterocycles. The summed E-state index contributed by atoms with van der Waals surface area (Å²) in [5, 5.41) is 23.2. The van der Waals surface area contributed by atoms with E-state index in [0.717, 1.165) is 57.8 Å². The van der Waals surface area contributed by atoms with Crippen molar-refractivity contribution in [3.63, 3.8) is 0 Å². The van der Waals surface area contributed by atoms with E-state index >= 15 is 0 Å². The zero-order valence-corrected chi connectivity index (χ0v) is 47.0. The minimum absolute atomic E-state index is 0.0115. The largest absolute Gasteiger partial charge is 0.466 e. The van der Waals surface area contributed by atoms with Crippen LogP contribution in [0.15, 0.2) is 36.5 Å². The molecule has 0 bridgehead atoms. The van der Waals surface area contributed by atoms with Crippen molar-refractivity contribution in [3.8, 4) is 0 Å². The Bertz CT molecular complexity index is 1130. The molecule has 0 aromatic carbocycles. The molecule has 0 spiro atoms. The molecule has 0 aromatic heterocycles. The Balaban J connectivity index is 3.46. The highest BCUT2D eigenvalue weighted by molar-refractivity contribution is 5.76. The number of rotatable bonds is 58. The number of hydrogen-bond acceptors (Lipinski definition) is 5. The Labute approximate surface area is 436 Å². The minimum atomic E-state index is -0.851. The van der Waals surface area contributed by atoms with Crippen LogP contribution in [0.3, 0.4) is 0 Å². The van der Waals surface area contributed by atoms with E-state index in [0.29, 0.717) is 19.4 Å². The van der Waals surface area contributed by atoms with Crippen molar-refractivity contribution in [2.45, 2.75) is 347 Å². The van der Waals surface area contributed by atoms with Crippen LogP contribution in [0.25, 0.3) is 0 Å². The average molecular weight is 985 g/mol. The zero-order valence-electron chi connectivity index (χ0n) is 47.0. The second kappa shape index (κ2) is 59.6. The molecule has 3 N–H and O–H groups in total. The molecule has 0 radical (unpaired) electrons. The first-order valence-corrected chi connectivity index (χ1v) is 31.3. The molecule has 412 valence electrons. The molecule has 0 fully saturated rings. The van der Waals surface area contributed by atoms with E-state index in [2.05, 4.69) is 43.5 Å². The minimum Gasteiger partial charge on any atom is -0.466 e. The number of hydrogen-bond donors (Lipinski definition) is 3. The Hall–Kier alpha value is -1.92. The van der Waals surface area contributed by atoms with Gasteiger partial charge < -0.3 is 20.3 Å². The van der Waals surface area contributed by atoms with E-state index in [4.69, 9.17) is 4.74 Å². The van der Waals surface area contributed by atoms with Gasteiger partial charge in [0.05, 0.1) is 25.4 Å². The van der Waals surface area contributed by atoms with Crippen molar-refractivity contribution in [1.29, 1.82) is 0 Å². The van der Waals surface area contributed by atoms with Gasteiger partial charge in [-0.3, -0.25) is 9.59 Å². The molecule has 0 aliphatic rings. The van der Waals surface area contributed by atoms with Crippen LogP contribution in [0.5, 0.6) is 0 Å². The van der Waals surface area contributed by atoms with E-state index in [1.807, 2.05) is 6.08 Å². The molecule has 2 unspecified atom stereocenters. The summed E-state index contributed by atoms with van der Waals surface area (Å²) in [6.45, 7) is 4.88. The first kappa shape index (κ1) is 68.1. The average Bonchev–Trinajstić information content (AvgIpc) is 3.36. The monoisotopic (exact) mass is 984 g/mol. The third-order valence-electron chi connectivity index (χ3n) is 14.4. The van der Waals surface area contributed by atoms with Gasteiger partial charge in [0, 0.05) is 12.8 Å². The van der Waals surface area contributed by atoms with E-state index in [9.17, 15) is 19.8 Å². The number of carbonyl (C=O) groups is 2. The summed E-state index contributed by atoms with van der Waals surface area (Å²) in [7, 11) is 0. The van der Waals surface area contributed by atoms with Crippen molar-refractivity contribution in [3.05, 3.63) is 36.5 Å². The SMILES string of the molecule is CCCCC/C=C\C/C=C\CCCCCCCC(=O)OCCCCCCCCCCCCCCCCCCC(=O)NC(CO)C(O)/C=C/CCCCCCCCCCCCCCCCCCCCCC. The first-order valence-electron chi connectivity index (χ1n) is 31.3. The van der Waals surface area contributed by atoms with Crippen LogP contribution in [0, 0.1) is 0 Å². The summed E-state index contributed by atoms with van der Waals surface area (Å²) < 4.78 is 5.47. The normalized spacial score (nSPS) is 12.8. The molecule has 6 nitrogen and oxygen atoms in total. The lowest BCUT2D eigenvalue weighted by Crippen LogP contribution is -2.45. The number of unbranched alkanes of at least 4 members (excludes halogenated alkanes) is 43. The summed E-state index contributed by atoms with van der Waals surface area (Å²) >= 11 is 0. The molecule has 0 saturated heterocycles. The number of aliphatic hydroxyl groups excluding tert-OH is 2. The molecule has 1 amide bonds. The third-order valence-corrected chi connectivity index (χ3v) is 14.4. The zero-order chi connectivity index (χ0) is 50.7. The topological polar surface area (TPSA) is 95.9 Å². The molecular weight excluding hydrogens is 863 g/mol. The van der Waals surface area contributed by atoms with Crippen molar-refractivity contribution >= 4 is 11.9 Å². The number of allylic oxidation sites excluding steroid dienone is 5. The van der Waals surface area contributed by atoms with Crippen LogP contribution in [0.4, 0.5) is 0 Å². The van der Waals surface area contributed by atoms with Crippen LogP contribution in [-0.2, 0) is 14.3 Å².